The van der Waals surface area contributed by atoms with Crippen molar-refractivity contribution in [2.75, 3.05) is 5.73 Å². The molecule has 84 valence electrons. The number of halogens is 1. The Bertz CT molecular complexity index is 691. The van der Waals surface area contributed by atoms with Crippen LogP contribution in [0.15, 0.2) is 41.3 Å². The van der Waals surface area contributed by atoms with Crippen LogP contribution in [0.1, 0.15) is 0 Å². The summed E-state index contributed by atoms with van der Waals surface area (Å²) in [5.41, 5.74) is 8.07. The molecule has 3 aromatic rings. The van der Waals surface area contributed by atoms with Gasteiger partial charge in [-0.2, -0.15) is 0 Å². The molecule has 2 N–H and O–H groups in total. The van der Waals surface area contributed by atoms with Crippen LogP contribution in [-0.2, 0) is 0 Å². The predicted molar refractivity (Wildman–Crippen MR) is 68.3 cm³/mol. The predicted octanol–water partition coefficient (Wildman–Crippen LogP) is 2.14. The number of hydrogen-bond donors (Lipinski definition) is 1. The van der Waals surface area contributed by atoms with E-state index in [0.717, 1.165) is 21.5 Å². The first-order valence-electron chi connectivity index (χ1n) is 4.95. The van der Waals surface area contributed by atoms with E-state index in [1.165, 1.54) is 0 Å². The van der Waals surface area contributed by atoms with Gasteiger partial charge in [0.2, 0.25) is 0 Å². The minimum absolute atomic E-state index is 0.668. The van der Waals surface area contributed by atoms with Crippen LogP contribution in [0.5, 0.6) is 0 Å². The van der Waals surface area contributed by atoms with Crippen LogP contribution in [0.25, 0.3) is 17.0 Å². The van der Waals surface area contributed by atoms with Crippen LogP contribution < -0.4 is 5.73 Å². The van der Waals surface area contributed by atoms with E-state index < -0.39 is 0 Å². The number of nitrogens with two attached hydrogens (primary N) is 1. The Morgan fingerprint density at radius 2 is 2.06 bits per heavy atom. The maximum Gasteiger partial charge on any atom is 0.170 e. The van der Waals surface area contributed by atoms with Gasteiger partial charge in [-0.25, -0.2) is 0 Å². The summed E-state index contributed by atoms with van der Waals surface area (Å²) in [5.74, 6) is 0.723. The second-order valence-electron chi connectivity index (χ2n) is 3.61. The highest BCUT2D eigenvalue weighted by Crippen LogP contribution is 2.21. The van der Waals surface area contributed by atoms with Crippen LogP contribution in [0.3, 0.4) is 0 Å². The molecule has 0 aliphatic heterocycles. The third-order valence-electron chi connectivity index (χ3n) is 2.39. The SMILES string of the molecule is Nc1ccc2nnc(-c3cncc(Br)c3)n2c1. The summed E-state index contributed by atoms with van der Waals surface area (Å²) in [7, 11) is 0. The molecule has 0 aliphatic rings. The lowest BCUT2D eigenvalue weighted by Gasteiger charge is -2.01. The summed E-state index contributed by atoms with van der Waals surface area (Å²) in [6, 6.07) is 5.57. The Kier molecular flexibility index (Phi) is 2.29. The van der Waals surface area contributed by atoms with Crippen molar-refractivity contribution in [3.05, 3.63) is 41.3 Å². The van der Waals surface area contributed by atoms with Crippen molar-refractivity contribution in [2.24, 2.45) is 0 Å². The fourth-order valence-corrected chi connectivity index (χ4v) is 2.00. The molecule has 0 saturated carbocycles. The largest absolute Gasteiger partial charge is 0.398 e. The van der Waals surface area contributed by atoms with Gasteiger partial charge in [-0.15, -0.1) is 10.2 Å². The van der Waals surface area contributed by atoms with E-state index >= 15 is 0 Å². The van der Waals surface area contributed by atoms with Gasteiger partial charge in [0.25, 0.3) is 0 Å². The molecule has 5 nitrogen and oxygen atoms in total. The van der Waals surface area contributed by atoms with Crippen molar-refractivity contribution >= 4 is 27.3 Å². The molecular formula is C11H8BrN5. The fraction of sp³-hybridized carbons (Fsp3) is 0. The zero-order valence-electron chi connectivity index (χ0n) is 8.71. The molecule has 0 amide bonds. The van der Waals surface area contributed by atoms with E-state index in [-0.39, 0.29) is 0 Å². The van der Waals surface area contributed by atoms with Crippen molar-refractivity contribution in [3.8, 4) is 11.4 Å². The number of pyridine rings is 2. The third-order valence-corrected chi connectivity index (χ3v) is 2.82. The van der Waals surface area contributed by atoms with Crippen LogP contribution in [0, 0.1) is 0 Å². The summed E-state index contributed by atoms with van der Waals surface area (Å²) in [6.07, 6.45) is 5.26. The van der Waals surface area contributed by atoms with Gasteiger partial charge >= 0.3 is 0 Å². The Labute approximate surface area is 105 Å². The first-order valence-corrected chi connectivity index (χ1v) is 5.74. The highest BCUT2D eigenvalue weighted by molar-refractivity contribution is 9.10. The molecule has 3 heterocycles. The lowest BCUT2D eigenvalue weighted by atomic mass is 10.3. The Hall–Kier alpha value is -1.95. The molecule has 0 atom stereocenters. The summed E-state index contributed by atoms with van der Waals surface area (Å²) >= 11 is 3.38. The lowest BCUT2D eigenvalue weighted by molar-refractivity contribution is 1.10. The molecule has 0 aliphatic carbocycles. The third kappa shape index (κ3) is 1.76. The monoisotopic (exact) mass is 289 g/mol. The zero-order valence-corrected chi connectivity index (χ0v) is 10.3. The number of rotatable bonds is 1. The van der Waals surface area contributed by atoms with Crippen molar-refractivity contribution in [1.29, 1.82) is 0 Å². The Morgan fingerprint density at radius 3 is 2.88 bits per heavy atom. The zero-order chi connectivity index (χ0) is 11.8. The number of anilines is 1. The minimum atomic E-state index is 0.668. The smallest absolute Gasteiger partial charge is 0.170 e. The Morgan fingerprint density at radius 1 is 1.18 bits per heavy atom. The molecule has 3 aromatic heterocycles. The first kappa shape index (κ1) is 10.2. The van der Waals surface area contributed by atoms with E-state index in [4.69, 9.17) is 5.73 Å². The van der Waals surface area contributed by atoms with Crippen molar-refractivity contribution in [2.45, 2.75) is 0 Å². The summed E-state index contributed by atoms with van der Waals surface area (Å²) in [6.45, 7) is 0. The second kappa shape index (κ2) is 3.81. The van der Waals surface area contributed by atoms with Crippen molar-refractivity contribution in [1.82, 2.24) is 19.6 Å². The molecule has 0 aromatic carbocycles. The number of nitrogens with zero attached hydrogens (tertiary/aromatic N) is 4. The number of hydrogen-bond acceptors (Lipinski definition) is 4. The standard InChI is InChI=1S/C11H8BrN5/c12-8-3-7(4-14-5-8)11-16-15-10-2-1-9(13)6-17(10)11/h1-6H,13H2. The average molecular weight is 290 g/mol. The summed E-state index contributed by atoms with van der Waals surface area (Å²) in [4.78, 5) is 4.11. The summed E-state index contributed by atoms with van der Waals surface area (Å²) in [5, 5.41) is 8.22. The number of nitrogen functional groups attached to an aromatic ring is 1. The quantitative estimate of drug-likeness (QED) is 0.745. The average Bonchev–Trinajstić information content (AvgIpc) is 2.71. The van der Waals surface area contributed by atoms with Crippen molar-refractivity contribution < 1.29 is 0 Å². The summed E-state index contributed by atoms with van der Waals surface area (Å²) < 4.78 is 2.74. The van der Waals surface area contributed by atoms with E-state index in [9.17, 15) is 0 Å². The van der Waals surface area contributed by atoms with Gasteiger partial charge in [-0.3, -0.25) is 9.38 Å². The van der Waals surface area contributed by atoms with E-state index in [1.54, 1.807) is 24.7 Å². The van der Waals surface area contributed by atoms with E-state index in [2.05, 4.69) is 31.1 Å². The topological polar surface area (TPSA) is 69.1 Å². The normalized spacial score (nSPS) is 10.9. The highest BCUT2D eigenvalue weighted by Gasteiger charge is 2.08. The van der Waals surface area contributed by atoms with Crippen LogP contribution in [0.2, 0.25) is 0 Å². The molecule has 17 heavy (non-hydrogen) atoms. The van der Waals surface area contributed by atoms with Gasteiger partial charge in [-0.1, -0.05) is 0 Å². The molecule has 0 unspecified atom stereocenters. The maximum absolute atomic E-state index is 5.76. The van der Waals surface area contributed by atoms with E-state index in [1.807, 2.05) is 16.5 Å². The van der Waals surface area contributed by atoms with Crippen LogP contribution >= 0.6 is 15.9 Å². The maximum atomic E-state index is 5.76. The molecule has 3 rings (SSSR count). The van der Waals surface area contributed by atoms with Gasteiger partial charge < -0.3 is 5.73 Å². The highest BCUT2D eigenvalue weighted by atomic mass is 79.9. The Balaban J connectivity index is 2.27. The minimum Gasteiger partial charge on any atom is -0.398 e. The molecular weight excluding hydrogens is 282 g/mol. The molecule has 0 saturated heterocycles. The van der Waals surface area contributed by atoms with Crippen molar-refractivity contribution in [3.63, 3.8) is 0 Å². The van der Waals surface area contributed by atoms with E-state index in [0.29, 0.717) is 5.69 Å². The molecule has 0 radical (unpaired) electrons. The molecule has 0 fully saturated rings. The van der Waals surface area contributed by atoms with Crippen LogP contribution in [0.4, 0.5) is 5.69 Å². The fourth-order valence-electron chi connectivity index (χ4n) is 1.64. The van der Waals surface area contributed by atoms with Gasteiger partial charge in [0.1, 0.15) is 0 Å². The second-order valence-corrected chi connectivity index (χ2v) is 4.52. The number of aromatic nitrogens is 4. The van der Waals surface area contributed by atoms with Gasteiger partial charge in [0.15, 0.2) is 11.5 Å². The van der Waals surface area contributed by atoms with Gasteiger partial charge in [0.05, 0.1) is 0 Å². The molecule has 0 spiro atoms. The molecule has 6 heteroatoms. The van der Waals surface area contributed by atoms with Crippen LogP contribution in [-0.4, -0.2) is 19.6 Å². The lowest BCUT2D eigenvalue weighted by Crippen LogP contribution is -1.93. The van der Waals surface area contributed by atoms with Gasteiger partial charge in [0, 0.05) is 34.3 Å². The first-order chi connectivity index (χ1) is 8.24. The van der Waals surface area contributed by atoms with Gasteiger partial charge in [-0.05, 0) is 34.1 Å². The molecule has 0 bridgehead atoms. The number of fused-ring (bicyclic) bond motifs is 1.